The number of carbonyl (C=O) groups is 5. The fourth-order valence-corrected chi connectivity index (χ4v) is 9.19. The molecule has 0 fully saturated rings. The summed E-state index contributed by atoms with van der Waals surface area (Å²) in [5.74, 6) is -5.20. The van der Waals surface area contributed by atoms with Crippen molar-refractivity contribution in [3.8, 4) is 12.1 Å². The lowest BCUT2D eigenvalue weighted by molar-refractivity contribution is -0.0548. The van der Waals surface area contributed by atoms with Crippen LogP contribution in [0.15, 0.2) is 156 Å². The van der Waals surface area contributed by atoms with Crippen LogP contribution in [0.2, 0.25) is 0 Å². The van der Waals surface area contributed by atoms with E-state index in [1.54, 1.807) is 115 Å². The number of nitrogens with zero attached hydrogens (tertiary/aromatic N) is 3. The van der Waals surface area contributed by atoms with Crippen molar-refractivity contribution in [2.75, 3.05) is 14.2 Å². The molecule has 0 bridgehead atoms. The molecule has 2 unspecified atom stereocenters. The SMILES string of the molecule is COP(=O)(OC)C1OC(=O)c2ccccc21.II.N#Cc1cc(/C=C2\OC(=O)c3ccccc32)ccc1F.N#Cc1cc(C=O)ccc1F.O=C(O)c1cc(Cc2n[nH]c(=O)c3ccccc23)ccc1F.O=C1OC(O)c2ccccc21. The first-order valence-electron chi connectivity index (χ1n) is 23.4. The monoisotopic (exact) mass is 1360 g/mol. The second kappa shape index (κ2) is 29.2. The predicted molar refractivity (Wildman–Crippen MR) is 307 cm³/mol. The van der Waals surface area contributed by atoms with Gasteiger partial charge in [0.2, 0.25) is 12.1 Å². The largest absolute Gasteiger partial charge is 0.478 e. The molecule has 2 atom stereocenters. The number of aliphatic hydroxyl groups excluding tert-OH is 1. The summed E-state index contributed by atoms with van der Waals surface area (Å²) in [7, 11) is -0.916. The van der Waals surface area contributed by atoms with Crippen molar-refractivity contribution in [3.63, 3.8) is 0 Å². The van der Waals surface area contributed by atoms with Crippen molar-refractivity contribution < 1.29 is 75.2 Å². The zero-order valence-corrected chi connectivity index (χ0v) is 47.6. The molecule has 0 radical (unpaired) electrons. The average Bonchev–Trinajstić information content (AvgIpc) is 4.23. The van der Waals surface area contributed by atoms with Gasteiger partial charge in [0, 0.05) is 85.5 Å². The first kappa shape index (κ1) is 62.5. The van der Waals surface area contributed by atoms with Crippen LogP contribution >= 0.6 is 44.8 Å². The number of carboxylic acids is 1. The maximum Gasteiger partial charge on any atom is 0.375 e. The molecular weight excluding hydrogens is 1320 g/mol. The molecule has 4 heterocycles. The highest BCUT2D eigenvalue weighted by molar-refractivity contribution is 15.0. The van der Waals surface area contributed by atoms with Crippen molar-refractivity contribution in [2.24, 2.45) is 0 Å². The lowest BCUT2D eigenvalue weighted by Gasteiger charge is -2.19. The highest BCUT2D eigenvalue weighted by atomic mass is 128. The van der Waals surface area contributed by atoms with Gasteiger partial charge in [-0.05, 0) is 83.9 Å². The standard InChI is InChI=1S/C16H11FN2O3.C16H8FNO2.C10H11O5P.C8H4FNO.C8H6O3.I2/c17-13-6-5-9(7-12(13)16(21)22)8-14-10-3-1-2-4-11(10)15(20)19-18-14;17-14-6-5-10(7-11(14)9-18)8-15-12-3-1-2-4-13(12)16(19)20-15;1-13-16(12,14-2)10-8-6-4-3-5-7(8)9(11)15-10;9-8-2-1-6(5-11)3-7(8)4-10;9-7-5-3-1-2-4-6(5)8(10)11-7;1-2/h1-7H,8H2,(H,19,20)(H,21,22);1-8H;3-6,10H,1-2H3;1-3,5H;1-4,7,9H;/b;15-8-;;;;. The molecule has 7 aromatic carbocycles. The van der Waals surface area contributed by atoms with Gasteiger partial charge in [-0.3, -0.25) is 14.2 Å². The molecule has 3 N–H and O–H groups in total. The number of H-pyrrole nitrogens is 1. The number of ether oxygens (including phenoxy) is 3. The van der Waals surface area contributed by atoms with Crippen molar-refractivity contribution in [1.82, 2.24) is 10.2 Å². The molecule has 3 aliphatic heterocycles. The van der Waals surface area contributed by atoms with E-state index in [9.17, 15) is 46.5 Å². The minimum absolute atomic E-state index is 0.0445. The summed E-state index contributed by atoms with van der Waals surface area (Å²) < 4.78 is 75.8. The number of fused-ring (bicyclic) bond motifs is 4. The van der Waals surface area contributed by atoms with Gasteiger partial charge >= 0.3 is 31.5 Å². The minimum Gasteiger partial charge on any atom is -0.478 e. The Balaban J connectivity index is 0.000000168. The summed E-state index contributed by atoms with van der Waals surface area (Å²) in [5, 5.41) is 42.8. The van der Waals surface area contributed by atoms with Gasteiger partial charge in [-0.2, -0.15) is 15.6 Å². The van der Waals surface area contributed by atoms with E-state index < -0.39 is 61.1 Å². The fourth-order valence-electron chi connectivity index (χ4n) is 7.86. The van der Waals surface area contributed by atoms with Gasteiger partial charge in [0.05, 0.1) is 44.5 Å². The molecule has 0 amide bonds. The molecule has 0 aliphatic carbocycles. The molecule has 82 heavy (non-hydrogen) atoms. The molecule has 0 saturated heterocycles. The van der Waals surface area contributed by atoms with E-state index in [1.165, 1.54) is 56.7 Å². The van der Waals surface area contributed by atoms with Crippen LogP contribution in [0.1, 0.15) is 109 Å². The molecule has 0 spiro atoms. The number of nitrogens with one attached hydrogen (secondary N) is 1. The molecule has 1 aromatic heterocycles. The number of aliphatic hydroxyl groups is 1. The highest BCUT2D eigenvalue weighted by Crippen LogP contribution is 2.63. The molecule has 3 aliphatic rings. The first-order valence-corrected chi connectivity index (χ1v) is 31.3. The molecule has 0 saturated carbocycles. The van der Waals surface area contributed by atoms with Gasteiger partial charge in [0.1, 0.15) is 41.6 Å². The average molecular weight is 1360 g/mol. The quantitative estimate of drug-likeness (QED) is 0.0419. The van der Waals surface area contributed by atoms with Crippen molar-refractivity contribution in [2.45, 2.75) is 18.6 Å². The van der Waals surface area contributed by atoms with Crippen LogP contribution in [0.4, 0.5) is 13.2 Å². The number of cyclic esters (lactones) is 3. The number of aromatic carboxylic acids is 1. The Hall–Kier alpha value is -8.69. The van der Waals surface area contributed by atoms with E-state index in [2.05, 4.69) is 52.2 Å². The normalized spacial score (nSPS) is 14.4. The Bertz CT molecular complexity index is 3970. The number of carbonyl (C=O) groups excluding carboxylic acids is 4. The van der Waals surface area contributed by atoms with Crippen LogP contribution in [0.3, 0.4) is 0 Å². The maximum absolute atomic E-state index is 13.4. The van der Waals surface area contributed by atoms with E-state index in [-0.39, 0.29) is 28.7 Å². The minimum atomic E-state index is -3.44. The van der Waals surface area contributed by atoms with Crippen LogP contribution in [0, 0.1) is 40.1 Å². The molecule has 416 valence electrons. The Morgan fingerprint density at radius 2 is 1.20 bits per heavy atom. The van der Waals surface area contributed by atoms with Gasteiger partial charge in [0.25, 0.3) is 5.56 Å². The summed E-state index contributed by atoms with van der Waals surface area (Å²) in [6.45, 7) is 0. The third-order valence-electron chi connectivity index (χ3n) is 11.8. The van der Waals surface area contributed by atoms with Crippen molar-refractivity contribution >= 4 is 97.6 Å². The summed E-state index contributed by atoms with van der Waals surface area (Å²) in [6, 6.07) is 42.7. The number of aromatic amines is 1. The van der Waals surface area contributed by atoms with E-state index in [4.69, 9.17) is 39.3 Å². The Labute approximate surface area is 487 Å². The number of esters is 3. The second-order valence-corrected chi connectivity index (χ2v) is 19.0. The molecular formula is C58H40F3I2N4O14P. The van der Waals surface area contributed by atoms with Gasteiger partial charge in [0.15, 0.2) is 0 Å². The number of benzene rings is 7. The third-order valence-corrected chi connectivity index (χ3v) is 13.8. The number of halogens is 5. The van der Waals surface area contributed by atoms with E-state index in [1.807, 2.05) is 0 Å². The number of nitriles is 2. The molecule has 18 nitrogen and oxygen atoms in total. The van der Waals surface area contributed by atoms with Gasteiger partial charge in [-0.25, -0.2) is 37.4 Å². The first-order chi connectivity index (χ1) is 39.4. The molecule has 11 rings (SSSR count). The lowest BCUT2D eigenvalue weighted by Crippen LogP contribution is -2.11. The van der Waals surface area contributed by atoms with E-state index >= 15 is 0 Å². The van der Waals surface area contributed by atoms with Crippen molar-refractivity contribution in [3.05, 3.63) is 252 Å². The summed E-state index contributed by atoms with van der Waals surface area (Å²) >= 11 is 4.24. The summed E-state index contributed by atoms with van der Waals surface area (Å²) in [6.07, 6.45) is 1.40. The molecule has 8 aromatic rings. The van der Waals surface area contributed by atoms with E-state index in [0.717, 1.165) is 12.1 Å². The summed E-state index contributed by atoms with van der Waals surface area (Å²) in [5.41, 5.74) is 4.44. The number of carboxylic acid groups (broad SMARTS) is 1. The van der Waals surface area contributed by atoms with Gasteiger partial charge in [-0.1, -0.05) is 84.9 Å². The zero-order valence-electron chi connectivity index (χ0n) is 42.4. The summed E-state index contributed by atoms with van der Waals surface area (Å²) in [4.78, 5) is 66.9. The Morgan fingerprint density at radius 3 is 1.78 bits per heavy atom. The predicted octanol–water partition coefficient (Wildman–Crippen LogP) is 12.2. The lowest BCUT2D eigenvalue weighted by atomic mass is 10.0. The van der Waals surface area contributed by atoms with E-state index in [0.29, 0.717) is 78.6 Å². The van der Waals surface area contributed by atoms with Crippen LogP contribution in [-0.4, -0.2) is 64.8 Å². The number of hydrogen-bond donors (Lipinski definition) is 3. The third kappa shape index (κ3) is 15.0. The highest BCUT2D eigenvalue weighted by Gasteiger charge is 2.45. The topological polar surface area (TPSA) is 282 Å². The number of aromatic nitrogens is 2. The van der Waals surface area contributed by atoms with Crippen LogP contribution in [-0.2, 0) is 34.2 Å². The molecule has 24 heteroatoms. The Morgan fingerprint density at radius 1 is 0.683 bits per heavy atom. The zero-order chi connectivity index (χ0) is 59.7. The maximum atomic E-state index is 13.4. The Kier molecular flexibility index (Phi) is 22.2. The van der Waals surface area contributed by atoms with Gasteiger partial charge < -0.3 is 33.5 Å². The second-order valence-electron chi connectivity index (χ2n) is 16.7. The fraction of sp³-hybridized carbons (Fsp3) is 0.0862. The number of hydrogen-bond acceptors (Lipinski definition) is 16. The van der Waals surface area contributed by atoms with Crippen molar-refractivity contribution in [1.29, 1.82) is 10.5 Å². The smallest absolute Gasteiger partial charge is 0.375 e. The van der Waals surface area contributed by atoms with Crippen LogP contribution < -0.4 is 5.56 Å². The number of rotatable bonds is 8. The van der Waals surface area contributed by atoms with Crippen LogP contribution in [0.25, 0.3) is 22.6 Å². The number of aldehydes is 1. The van der Waals surface area contributed by atoms with Crippen LogP contribution in [0.5, 0.6) is 0 Å². The van der Waals surface area contributed by atoms with Gasteiger partial charge in [-0.15, -0.1) is 0 Å².